The molecule has 3 rings (SSSR count). The molecule has 1 fully saturated rings. The van der Waals surface area contributed by atoms with Gasteiger partial charge in [0.2, 0.25) is 0 Å². The van der Waals surface area contributed by atoms with Gasteiger partial charge in [-0.1, -0.05) is 17.3 Å². The molecule has 2 heterocycles. The van der Waals surface area contributed by atoms with E-state index in [4.69, 9.17) is 9.26 Å². The smallest absolute Gasteiger partial charge is 0.151 e. The van der Waals surface area contributed by atoms with Gasteiger partial charge in [-0.3, -0.25) is 4.90 Å². The summed E-state index contributed by atoms with van der Waals surface area (Å²) in [6.45, 7) is 8.71. The minimum absolute atomic E-state index is 0. The van der Waals surface area contributed by atoms with E-state index in [0.29, 0.717) is 0 Å². The second-order valence-electron chi connectivity index (χ2n) is 5.73. The van der Waals surface area contributed by atoms with E-state index in [1.54, 1.807) is 7.11 Å². The molecular weight excluding hydrogens is 326 g/mol. The molecule has 5 nitrogen and oxygen atoms in total. The van der Waals surface area contributed by atoms with Crippen molar-refractivity contribution in [2.24, 2.45) is 0 Å². The number of aromatic nitrogens is 1. The molecule has 1 N–H and O–H groups in total. The van der Waals surface area contributed by atoms with Gasteiger partial charge in [0, 0.05) is 37.8 Å². The highest BCUT2D eigenvalue weighted by atomic mass is 35.5. The van der Waals surface area contributed by atoms with Crippen LogP contribution in [0.1, 0.15) is 11.3 Å². The number of ether oxygens (including phenoxy) is 1. The van der Waals surface area contributed by atoms with Crippen molar-refractivity contribution in [3.05, 3.63) is 48.2 Å². The molecule has 1 aromatic carbocycles. The minimum atomic E-state index is 0. The van der Waals surface area contributed by atoms with Gasteiger partial charge in [-0.05, 0) is 24.1 Å². The van der Waals surface area contributed by atoms with E-state index >= 15 is 0 Å². The molecule has 1 aliphatic rings. The van der Waals surface area contributed by atoms with Crippen LogP contribution >= 0.6 is 12.4 Å². The normalized spacial score (nSPS) is 14.9. The van der Waals surface area contributed by atoms with Gasteiger partial charge >= 0.3 is 0 Å². The fourth-order valence-electron chi connectivity index (χ4n) is 2.85. The summed E-state index contributed by atoms with van der Waals surface area (Å²) >= 11 is 0. The molecule has 0 amide bonds. The first-order chi connectivity index (χ1) is 11.3. The zero-order valence-electron chi connectivity index (χ0n) is 14.0. The Bertz CT molecular complexity index is 666. The Hall–Kier alpha value is -1.82. The quantitative estimate of drug-likeness (QED) is 0.813. The second-order valence-corrected chi connectivity index (χ2v) is 5.73. The Labute approximate surface area is 149 Å². The number of allylic oxidation sites excluding steroid dienone is 1. The third kappa shape index (κ3) is 4.38. The summed E-state index contributed by atoms with van der Waals surface area (Å²) in [5.41, 5.74) is 2.96. The molecule has 0 aliphatic carbocycles. The average molecular weight is 350 g/mol. The maximum atomic E-state index is 5.53. The molecule has 6 heteroatoms. The van der Waals surface area contributed by atoms with Gasteiger partial charge in [-0.15, -0.1) is 19.0 Å². The first-order valence-corrected chi connectivity index (χ1v) is 7.97. The van der Waals surface area contributed by atoms with Gasteiger partial charge < -0.3 is 14.6 Å². The molecule has 0 saturated carbocycles. The molecule has 0 unspecified atom stereocenters. The number of methoxy groups -OCH3 is 1. The van der Waals surface area contributed by atoms with Crippen LogP contribution in [0.5, 0.6) is 5.75 Å². The van der Waals surface area contributed by atoms with E-state index in [9.17, 15) is 0 Å². The number of piperazine rings is 1. The van der Waals surface area contributed by atoms with Gasteiger partial charge in [-0.2, -0.15) is 0 Å². The fourth-order valence-corrected chi connectivity index (χ4v) is 2.85. The SMILES string of the molecule is C=CCc1ccc(OC)c(-c2cc(CN3CCNCC3)on2)c1.Cl. The topological polar surface area (TPSA) is 50.5 Å². The number of hydrogen-bond acceptors (Lipinski definition) is 5. The summed E-state index contributed by atoms with van der Waals surface area (Å²) in [6.07, 6.45) is 2.71. The molecule has 2 aromatic rings. The Morgan fingerprint density at radius 2 is 2.12 bits per heavy atom. The Morgan fingerprint density at radius 1 is 1.33 bits per heavy atom. The van der Waals surface area contributed by atoms with Crippen LogP contribution in [-0.4, -0.2) is 43.3 Å². The average Bonchev–Trinajstić information content (AvgIpc) is 3.04. The highest BCUT2D eigenvalue weighted by Crippen LogP contribution is 2.31. The number of nitrogens with one attached hydrogen (secondary N) is 1. The molecule has 130 valence electrons. The van der Waals surface area contributed by atoms with Crippen LogP contribution in [-0.2, 0) is 13.0 Å². The fraction of sp³-hybridized carbons (Fsp3) is 0.389. The Balaban J connectivity index is 0.00000208. The lowest BCUT2D eigenvalue weighted by Gasteiger charge is -2.25. The van der Waals surface area contributed by atoms with Crippen molar-refractivity contribution >= 4 is 12.4 Å². The minimum Gasteiger partial charge on any atom is -0.496 e. The summed E-state index contributed by atoms with van der Waals surface area (Å²) in [6, 6.07) is 8.12. The third-order valence-electron chi connectivity index (χ3n) is 4.07. The maximum absolute atomic E-state index is 5.53. The van der Waals surface area contributed by atoms with Crippen molar-refractivity contribution in [2.75, 3.05) is 33.3 Å². The van der Waals surface area contributed by atoms with Gasteiger partial charge in [0.25, 0.3) is 0 Å². The van der Waals surface area contributed by atoms with Gasteiger partial charge in [-0.25, -0.2) is 0 Å². The molecule has 1 aliphatic heterocycles. The van der Waals surface area contributed by atoms with Crippen molar-refractivity contribution in [1.82, 2.24) is 15.4 Å². The van der Waals surface area contributed by atoms with Crippen LogP contribution in [0.4, 0.5) is 0 Å². The molecule has 24 heavy (non-hydrogen) atoms. The molecular formula is C18H24ClN3O2. The van der Waals surface area contributed by atoms with E-state index in [-0.39, 0.29) is 12.4 Å². The number of rotatable bonds is 6. The largest absolute Gasteiger partial charge is 0.496 e. The molecule has 1 saturated heterocycles. The van der Waals surface area contributed by atoms with Crippen molar-refractivity contribution in [3.8, 4) is 17.0 Å². The summed E-state index contributed by atoms with van der Waals surface area (Å²) < 4.78 is 11.0. The molecule has 1 aromatic heterocycles. The molecule has 0 spiro atoms. The Kier molecular flexibility index (Phi) is 6.85. The van der Waals surface area contributed by atoms with Crippen LogP contribution in [0.2, 0.25) is 0 Å². The summed E-state index contributed by atoms with van der Waals surface area (Å²) in [5.74, 6) is 1.69. The lowest BCUT2D eigenvalue weighted by atomic mass is 10.0. The molecule has 0 atom stereocenters. The first-order valence-electron chi connectivity index (χ1n) is 7.97. The number of halogens is 1. The van der Waals surface area contributed by atoms with Crippen molar-refractivity contribution in [1.29, 1.82) is 0 Å². The standard InChI is InChI=1S/C18H23N3O2.ClH/c1-3-4-14-5-6-18(22-2)16(11-14)17-12-15(23-20-17)13-21-9-7-19-8-10-21;/h3,5-6,11-12,19H,1,4,7-10,13H2,2H3;1H. The van der Waals surface area contributed by atoms with Gasteiger partial charge in [0.05, 0.1) is 13.7 Å². The van der Waals surface area contributed by atoms with Crippen LogP contribution in [0.3, 0.4) is 0 Å². The van der Waals surface area contributed by atoms with Gasteiger partial charge in [0.1, 0.15) is 11.4 Å². The lowest BCUT2D eigenvalue weighted by Crippen LogP contribution is -2.42. The van der Waals surface area contributed by atoms with Crippen molar-refractivity contribution in [3.63, 3.8) is 0 Å². The van der Waals surface area contributed by atoms with E-state index in [2.05, 4.69) is 28.0 Å². The molecule has 0 radical (unpaired) electrons. The summed E-state index contributed by atoms with van der Waals surface area (Å²) in [7, 11) is 1.67. The monoisotopic (exact) mass is 349 g/mol. The predicted molar refractivity (Wildman–Crippen MR) is 97.8 cm³/mol. The Morgan fingerprint density at radius 3 is 2.83 bits per heavy atom. The van der Waals surface area contributed by atoms with Crippen LogP contribution in [0.25, 0.3) is 11.3 Å². The number of nitrogens with zero attached hydrogens (tertiary/aromatic N) is 2. The predicted octanol–water partition coefficient (Wildman–Crippen LogP) is 2.91. The number of benzene rings is 1. The highest BCUT2D eigenvalue weighted by Gasteiger charge is 2.16. The van der Waals surface area contributed by atoms with Crippen LogP contribution < -0.4 is 10.1 Å². The van der Waals surface area contributed by atoms with E-state index in [1.165, 1.54) is 5.56 Å². The lowest BCUT2D eigenvalue weighted by molar-refractivity contribution is 0.207. The third-order valence-corrected chi connectivity index (χ3v) is 4.07. The zero-order chi connectivity index (χ0) is 16.1. The second kappa shape index (κ2) is 8.87. The van der Waals surface area contributed by atoms with E-state index in [0.717, 1.165) is 61.9 Å². The van der Waals surface area contributed by atoms with E-state index in [1.807, 2.05) is 24.3 Å². The van der Waals surface area contributed by atoms with Crippen LogP contribution in [0, 0.1) is 0 Å². The summed E-state index contributed by atoms with van der Waals surface area (Å²) in [5, 5.41) is 7.59. The maximum Gasteiger partial charge on any atom is 0.151 e. The molecule has 0 bridgehead atoms. The number of hydrogen-bond donors (Lipinski definition) is 1. The van der Waals surface area contributed by atoms with Crippen LogP contribution in [0.15, 0.2) is 41.4 Å². The van der Waals surface area contributed by atoms with Gasteiger partial charge in [0.15, 0.2) is 5.76 Å². The van der Waals surface area contributed by atoms with E-state index < -0.39 is 0 Å². The zero-order valence-corrected chi connectivity index (χ0v) is 14.8. The first kappa shape index (κ1) is 18.5. The van der Waals surface area contributed by atoms with Crippen molar-refractivity contribution in [2.45, 2.75) is 13.0 Å². The van der Waals surface area contributed by atoms with Crippen molar-refractivity contribution < 1.29 is 9.26 Å². The highest BCUT2D eigenvalue weighted by molar-refractivity contribution is 5.85. The summed E-state index contributed by atoms with van der Waals surface area (Å²) in [4.78, 5) is 2.37.